The molecule has 2 aromatic carbocycles. The van der Waals surface area contributed by atoms with E-state index in [1.165, 1.54) is 5.56 Å². The number of aliphatic hydroxyl groups is 1. The van der Waals surface area contributed by atoms with E-state index in [0.717, 1.165) is 29.2 Å². The van der Waals surface area contributed by atoms with Crippen LogP contribution >= 0.6 is 11.6 Å². The lowest BCUT2D eigenvalue weighted by Gasteiger charge is -2.02. The Morgan fingerprint density at radius 3 is 2.39 bits per heavy atom. The first-order chi connectivity index (χ1) is 11.2. The third kappa shape index (κ3) is 2.79. The molecule has 0 aliphatic carbocycles. The van der Waals surface area contributed by atoms with Gasteiger partial charge in [-0.2, -0.15) is 0 Å². The van der Waals surface area contributed by atoms with Crippen LogP contribution in [-0.2, 0) is 0 Å². The summed E-state index contributed by atoms with van der Waals surface area (Å²) < 4.78 is 5.74. The van der Waals surface area contributed by atoms with E-state index in [1.807, 2.05) is 55.5 Å². The fourth-order valence-corrected chi connectivity index (χ4v) is 2.60. The lowest BCUT2D eigenvalue weighted by atomic mass is 10.1. The summed E-state index contributed by atoms with van der Waals surface area (Å²) >= 11 is 6.27. The summed E-state index contributed by atoms with van der Waals surface area (Å²) in [6, 6.07) is 15.8. The highest BCUT2D eigenvalue weighted by Gasteiger charge is 2.14. The number of halogens is 1. The second-order valence-electron chi connectivity index (χ2n) is 4.98. The van der Waals surface area contributed by atoms with Crippen LogP contribution in [0.25, 0.3) is 33.5 Å². The van der Waals surface area contributed by atoms with Crippen molar-refractivity contribution in [2.45, 2.75) is 6.92 Å². The summed E-state index contributed by atoms with van der Waals surface area (Å²) in [5.74, 6) is 0.610. The summed E-state index contributed by atoms with van der Waals surface area (Å²) in [4.78, 5) is 8.99. The topological polar surface area (TPSA) is 59.2 Å². The fourth-order valence-electron chi connectivity index (χ4n) is 2.39. The summed E-state index contributed by atoms with van der Waals surface area (Å²) in [6.45, 7) is 2.05. The van der Waals surface area contributed by atoms with Crippen molar-refractivity contribution >= 4 is 33.7 Å². The number of hydrogen-bond acceptors (Lipinski definition) is 4. The number of hydrogen-bond donors (Lipinski definition) is 1. The van der Waals surface area contributed by atoms with E-state index in [9.17, 15) is 0 Å². The average Bonchev–Trinajstić information content (AvgIpc) is 2.97. The van der Waals surface area contributed by atoms with Gasteiger partial charge in [-0.15, -0.1) is 0 Å². The van der Waals surface area contributed by atoms with Crippen LogP contribution in [-0.4, -0.2) is 22.2 Å². The van der Waals surface area contributed by atoms with Crippen molar-refractivity contribution in [2.24, 2.45) is 0 Å². The minimum atomic E-state index is 0.340. The van der Waals surface area contributed by atoms with Gasteiger partial charge in [-0.1, -0.05) is 53.6 Å². The molecule has 5 heteroatoms. The number of rotatable bonds is 1. The molecule has 0 saturated carbocycles. The summed E-state index contributed by atoms with van der Waals surface area (Å²) in [5.41, 5.74) is 4.19. The van der Waals surface area contributed by atoms with Gasteiger partial charge in [0.2, 0.25) is 0 Å². The van der Waals surface area contributed by atoms with Crippen LogP contribution in [0.15, 0.2) is 52.9 Å². The van der Waals surface area contributed by atoms with Crippen molar-refractivity contribution in [2.75, 3.05) is 7.11 Å². The molecule has 0 aliphatic heterocycles. The third-order valence-corrected chi connectivity index (χ3v) is 3.74. The van der Waals surface area contributed by atoms with Gasteiger partial charge >= 0.3 is 0 Å². The molecule has 0 spiro atoms. The van der Waals surface area contributed by atoms with Gasteiger partial charge in [0.05, 0.1) is 0 Å². The fraction of sp³-hybridized carbons (Fsp3) is 0.111. The maximum absolute atomic E-state index is 7.00. The minimum absolute atomic E-state index is 0.340. The highest BCUT2D eigenvalue weighted by Crippen LogP contribution is 2.32. The number of aryl methyl sites for hydroxylation is 1. The van der Waals surface area contributed by atoms with E-state index in [4.69, 9.17) is 21.1 Å². The first kappa shape index (κ1) is 15.5. The molecule has 4 rings (SSSR count). The largest absolute Gasteiger partial charge is 0.451 e. The first-order valence-electron chi connectivity index (χ1n) is 7.09. The van der Waals surface area contributed by atoms with Gasteiger partial charge in [-0.25, -0.2) is 9.97 Å². The van der Waals surface area contributed by atoms with E-state index >= 15 is 0 Å². The maximum Gasteiger partial charge on any atom is 0.191 e. The second kappa shape index (κ2) is 6.36. The lowest BCUT2D eigenvalue weighted by molar-refractivity contribution is 0.399. The zero-order valence-electron chi connectivity index (χ0n) is 12.7. The maximum atomic E-state index is 7.00. The molecule has 4 nitrogen and oxygen atoms in total. The summed E-state index contributed by atoms with van der Waals surface area (Å²) in [5, 5.41) is 8.29. The molecule has 0 aliphatic rings. The molecule has 2 aromatic heterocycles. The van der Waals surface area contributed by atoms with Gasteiger partial charge in [0.1, 0.15) is 11.1 Å². The quantitative estimate of drug-likeness (QED) is 0.519. The number of para-hydroxylation sites is 1. The van der Waals surface area contributed by atoms with E-state index in [1.54, 1.807) is 0 Å². The highest BCUT2D eigenvalue weighted by atomic mass is 35.5. The van der Waals surface area contributed by atoms with Crippen molar-refractivity contribution in [1.29, 1.82) is 0 Å². The number of fused-ring (bicyclic) bond motifs is 3. The van der Waals surface area contributed by atoms with Crippen LogP contribution in [0.2, 0.25) is 5.15 Å². The summed E-state index contributed by atoms with van der Waals surface area (Å²) in [6.07, 6.45) is 0. The molecule has 23 heavy (non-hydrogen) atoms. The standard InChI is InChI=1S/C17H11ClN2O.CH4O/c1-10-6-8-11(9-7-10)17-19-14-12-4-2-3-5-13(12)21-15(14)16(18)20-17;1-2/h2-9H,1H3;2H,1H3. The van der Waals surface area contributed by atoms with Crippen LogP contribution in [0.3, 0.4) is 0 Å². The Hall–Kier alpha value is -2.43. The molecular formula is C18H15ClN2O2. The SMILES string of the molecule is CO.Cc1ccc(-c2nc(Cl)c3oc4ccccc4c3n2)cc1. The van der Waals surface area contributed by atoms with Crippen LogP contribution < -0.4 is 0 Å². The van der Waals surface area contributed by atoms with Crippen LogP contribution in [0.4, 0.5) is 0 Å². The Kier molecular flexibility index (Phi) is 4.28. The normalized spacial score (nSPS) is 10.6. The van der Waals surface area contributed by atoms with Gasteiger partial charge in [-0.3, -0.25) is 0 Å². The van der Waals surface area contributed by atoms with E-state index in [0.29, 0.717) is 16.6 Å². The zero-order valence-corrected chi connectivity index (χ0v) is 13.5. The Morgan fingerprint density at radius 1 is 0.957 bits per heavy atom. The Balaban J connectivity index is 0.000000753. The Morgan fingerprint density at radius 2 is 1.65 bits per heavy atom. The number of aliphatic hydroxyl groups excluding tert-OH is 1. The van der Waals surface area contributed by atoms with Crippen molar-refractivity contribution in [3.8, 4) is 11.4 Å². The van der Waals surface area contributed by atoms with Gasteiger partial charge in [0.25, 0.3) is 0 Å². The lowest BCUT2D eigenvalue weighted by Crippen LogP contribution is -1.90. The van der Waals surface area contributed by atoms with E-state index in [2.05, 4.69) is 9.97 Å². The number of furan rings is 1. The number of benzene rings is 2. The van der Waals surface area contributed by atoms with Crippen molar-refractivity contribution in [1.82, 2.24) is 9.97 Å². The smallest absolute Gasteiger partial charge is 0.191 e. The molecule has 0 bridgehead atoms. The predicted molar refractivity (Wildman–Crippen MR) is 92.6 cm³/mol. The van der Waals surface area contributed by atoms with E-state index < -0.39 is 0 Å². The van der Waals surface area contributed by atoms with E-state index in [-0.39, 0.29) is 0 Å². The summed E-state index contributed by atoms with van der Waals surface area (Å²) in [7, 11) is 1.00. The van der Waals surface area contributed by atoms with Gasteiger partial charge in [-0.05, 0) is 19.1 Å². The molecule has 0 atom stereocenters. The molecule has 0 radical (unpaired) electrons. The van der Waals surface area contributed by atoms with Crippen molar-refractivity contribution in [3.05, 3.63) is 59.2 Å². The average molecular weight is 327 g/mol. The molecule has 2 heterocycles. The third-order valence-electron chi connectivity index (χ3n) is 3.49. The molecule has 116 valence electrons. The highest BCUT2D eigenvalue weighted by molar-refractivity contribution is 6.34. The number of nitrogens with zero attached hydrogens (tertiary/aromatic N) is 2. The van der Waals surface area contributed by atoms with Crippen LogP contribution in [0.5, 0.6) is 0 Å². The van der Waals surface area contributed by atoms with Crippen molar-refractivity contribution < 1.29 is 9.52 Å². The predicted octanol–water partition coefficient (Wildman–Crippen LogP) is 4.61. The molecule has 4 aromatic rings. The second-order valence-corrected chi connectivity index (χ2v) is 5.34. The molecule has 0 amide bonds. The van der Waals surface area contributed by atoms with Gasteiger partial charge in [0.15, 0.2) is 16.6 Å². The van der Waals surface area contributed by atoms with Crippen LogP contribution in [0.1, 0.15) is 5.56 Å². The molecule has 0 fully saturated rings. The first-order valence-corrected chi connectivity index (χ1v) is 7.47. The molecule has 1 N–H and O–H groups in total. The van der Waals surface area contributed by atoms with Gasteiger partial charge in [0, 0.05) is 18.1 Å². The molecular weight excluding hydrogens is 312 g/mol. The van der Waals surface area contributed by atoms with Gasteiger partial charge < -0.3 is 9.52 Å². The Labute approximate surface area is 138 Å². The minimum Gasteiger partial charge on any atom is -0.451 e. The van der Waals surface area contributed by atoms with Crippen LogP contribution in [0, 0.1) is 6.92 Å². The monoisotopic (exact) mass is 326 g/mol. The number of aromatic nitrogens is 2. The molecule has 0 saturated heterocycles. The zero-order chi connectivity index (χ0) is 16.4. The Bertz CT molecular complexity index is 962. The molecule has 0 unspecified atom stereocenters. The van der Waals surface area contributed by atoms with Crippen molar-refractivity contribution in [3.63, 3.8) is 0 Å².